The van der Waals surface area contributed by atoms with E-state index in [0.717, 1.165) is 11.5 Å². The van der Waals surface area contributed by atoms with E-state index in [2.05, 4.69) is 18.8 Å². The minimum atomic E-state index is -0.497. The van der Waals surface area contributed by atoms with Gasteiger partial charge in [0.25, 0.3) is 0 Å². The SMILES string of the molecule is Cc1ncc(C(O)CCN)n1C(C)C. The molecule has 80 valence electrons. The largest absolute Gasteiger partial charge is 0.387 e. The van der Waals surface area contributed by atoms with E-state index in [4.69, 9.17) is 5.73 Å². The molecule has 0 amide bonds. The maximum atomic E-state index is 9.82. The van der Waals surface area contributed by atoms with Crippen LogP contribution in [-0.2, 0) is 0 Å². The summed E-state index contributed by atoms with van der Waals surface area (Å²) < 4.78 is 2.04. The van der Waals surface area contributed by atoms with Crippen molar-refractivity contribution in [3.05, 3.63) is 17.7 Å². The van der Waals surface area contributed by atoms with Crippen molar-refractivity contribution in [1.29, 1.82) is 0 Å². The van der Waals surface area contributed by atoms with Crippen molar-refractivity contribution in [2.75, 3.05) is 6.54 Å². The Kier molecular flexibility index (Phi) is 3.66. The zero-order chi connectivity index (χ0) is 10.7. The molecule has 0 aliphatic heterocycles. The van der Waals surface area contributed by atoms with E-state index in [1.165, 1.54) is 0 Å². The van der Waals surface area contributed by atoms with Gasteiger partial charge in [-0.05, 0) is 33.7 Å². The van der Waals surface area contributed by atoms with Crippen molar-refractivity contribution in [2.24, 2.45) is 5.73 Å². The Bertz CT molecular complexity index is 294. The molecule has 4 heteroatoms. The first-order valence-corrected chi connectivity index (χ1v) is 4.99. The molecule has 1 atom stereocenters. The van der Waals surface area contributed by atoms with Crippen LogP contribution in [0, 0.1) is 6.92 Å². The van der Waals surface area contributed by atoms with E-state index < -0.39 is 6.10 Å². The molecule has 0 bridgehead atoms. The van der Waals surface area contributed by atoms with Crippen LogP contribution in [0.1, 0.15) is 43.9 Å². The lowest BCUT2D eigenvalue weighted by molar-refractivity contribution is 0.159. The standard InChI is InChI=1S/C10H19N3O/c1-7(2)13-8(3)12-6-9(13)10(14)4-5-11/h6-7,10,14H,4-5,11H2,1-3H3. The Morgan fingerprint density at radius 3 is 2.71 bits per heavy atom. The predicted octanol–water partition coefficient (Wildman–Crippen LogP) is 1.15. The Hall–Kier alpha value is -0.870. The van der Waals surface area contributed by atoms with E-state index in [1.54, 1.807) is 6.20 Å². The van der Waals surface area contributed by atoms with Gasteiger partial charge in [0.1, 0.15) is 5.82 Å². The zero-order valence-corrected chi connectivity index (χ0v) is 9.07. The van der Waals surface area contributed by atoms with Crippen LogP contribution >= 0.6 is 0 Å². The third-order valence-corrected chi connectivity index (χ3v) is 2.31. The fourth-order valence-corrected chi connectivity index (χ4v) is 1.69. The average Bonchev–Trinajstić information content (AvgIpc) is 2.47. The number of rotatable bonds is 4. The van der Waals surface area contributed by atoms with Crippen LogP contribution in [0.5, 0.6) is 0 Å². The lowest BCUT2D eigenvalue weighted by Gasteiger charge is -2.17. The molecule has 0 aliphatic rings. The summed E-state index contributed by atoms with van der Waals surface area (Å²) in [5.41, 5.74) is 6.27. The molecule has 0 radical (unpaired) electrons. The van der Waals surface area contributed by atoms with Crippen LogP contribution in [0.4, 0.5) is 0 Å². The van der Waals surface area contributed by atoms with E-state index >= 15 is 0 Å². The van der Waals surface area contributed by atoms with Gasteiger partial charge < -0.3 is 15.4 Å². The molecule has 1 unspecified atom stereocenters. The highest BCUT2D eigenvalue weighted by molar-refractivity contribution is 5.09. The van der Waals surface area contributed by atoms with E-state index in [0.29, 0.717) is 19.0 Å². The van der Waals surface area contributed by atoms with Crippen LogP contribution in [0.2, 0.25) is 0 Å². The smallest absolute Gasteiger partial charge is 0.106 e. The summed E-state index contributed by atoms with van der Waals surface area (Å²) >= 11 is 0. The minimum absolute atomic E-state index is 0.319. The minimum Gasteiger partial charge on any atom is -0.387 e. The van der Waals surface area contributed by atoms with E-state index in [9.17, 15) is 5.11 Å². The summed E-state index contributed by atoms with van der Waals surface area (Å²) in [5, 5.41) is 9.82. The molecule has 0 saturated carbocycles. The first-order valence-electron chi connectivity index (χ1n) is 4.99. The molecule has 1 rings (SSSR count). The van der Waals surface area contributed by atoms with E-state index in [1.807, 2.05) is 11.5 Å². The summed E-state index contributed by atoms with van der Waals surface area (Å²) in [4.78, 5) is 4.20. The quantitative estimate of drug-likeness (QED) is 0.761. The summed E-state index contributed by atoms with van der Waals surface area (Å²) in [6, 6.07) is 0.319. The van der Waals surface area contributed by atoms with Crippen molar-refractivity contribution < 1.29 is 5.11 Å². The second-order valence-corrected chi connectivity index (χ2v) is 3.79. The molecule has 0 saturated heterocycles. The molecule has 0 aromatic carbocycles. The zero-order valence-electron chi connectivity index (χ0n) is 9.07. The van der Waals surface area contributed by atoms with E-state index in [-0.39, 0.29) is 0 Å². The Labute approximate surface area is 84.8 Å². The highest BCUT2D eigenvalue weighted by Crippen LogP contribution is 2.21. The van der Waals surface area contributed by atoms with Gasteiger partial charge in [-0.25, -0.2) is 4.98 Å². The van der Waals surface area contributed by atoms with Crippen molar-refractivity contribution in [2.45, 2.75) is 39.3 Å². The monoisotopic (exact) mass is 197 g/mol. The van der Waals surface area contributed by atoms with Crippen LogP contribution in [0.15, 0.2) is 6.20 Å². The van der Waals surface area contributed by atoms with Gasteiger partial charge in [-0.3, -0.25) is 0 Å². The van der Waals surface area contributed by atoms with Gasteiger partial charge in [0.15, 0.2) is 0 Å². The normalized spacial score (nSPS) is 13.6. The molecule has 14 heavy (non-hydrogen) atoms. The van der Waals surface area contributed by atoms with Gasteiger partial charge in [-0.2, -0.15) is 0 Å². The van der Waals surface area contributed by atoms with Crippen LogP contribution < -0.4 is 5.73 Å². The molecular weight excluding hydrogens is 178 g/mol. The second kappa shape index (κ2) is 4.57. The number of aliphatic hydroxyl groups is 1. The summed E-state index contributed by atoms with van der Waals surface area (Å²) in [7, 11) is 0. The second-order valence-electron chi connectivity index (χ2n) is 3.79. The molecule has 1 heterocycles. The van der Waals surface area contributed by atoms with Crippen molar-refractivity contribution in [3.63, 3.8) is 0 Å². The molecule has 4 nitrogen and oxygen atoms in total. The van der Waals surface area contributed by atoms with Crippen LogP contribution in [0.3, 0.4) is 0 Å². The first kappa shape index (κ1) is 11.2. The van der Waals surface area contributed by atoms with Crippen molar-refractivity contribution >= 4 is 0 Å². The van der Waals surface area contributed by atoms with Crippen LogP contribution in [-0.4, -0.2) is 21.2 Å². The third kappa shape index (κ3) is 2.13. The number of hydrogen-bond acceptors (Lipinski definition) is 3. The summed E-state index contributed by atoms with van der Waals surface area (Å²) in [6.07, 6.45) is 1.82. The highest BCUT2D eigenvalue weighted by Gasteiger charge is 2.16. The molecule has 3 N–H and O–H groups in total. The number of nitrogens with zero attached hydrogens (tertiary/aromatic N) is 2. The molecule has 0 aliphatic carbocycles. The average molecular weight is 197 g/mol. The van der Waals surface area contributed by atoms with Gasteiger partial charge >= 0.3 is 0 Å². The maximum Gasteiger partial charge on any atom is 0.106 e. The number of aryl methyl sites for hydroxylation is 1. The summed E-state index contributed by atoms with van der Waals surface area (Å²) in [6.45, 7) is 6.59. The van der Waals surface area contributed by atoms with Crippen molar-refractivity contribution in [1.82, 2.24) is 9.55 Å². The number of nitrogens with two attached hydrogens (primary N) is 1. The Balaban J connectivity index is 2.96. The number of aromatic nitrogens is 2. The lowest BCUT2D eigenvalue weighted by atomic mass is 10.2. The van der Waals surface area contributed by atoms with Crippen molar-refractivity contribution in [3.8, 4) is 0 Å². The number of aliphatic hydroxyl groups excluding tert-OH is 1. The van der Waals surface area contributed by atoms with Gasteiger partial charge in [-0.1, -0.05) is 0 Å². The highest BCUT2D eigenvalue weighted by atomic mass is 16.3. The number of hydrogen-bond donors (Lipinski definition) is 2. The molecule has 0 spiro atoms. The number of imidazole rings is 1. The molecular formula is C10H19N3O. The van der Waals surface area contributed by atoms with Gasteiger partial charge in [0, 0.05) is 6.04 Å². The van der Waals surface area contributed by atoms with Gasteiger partial charge in [0.05, 0.1) is 18.0 Å². The molecule has 1 aromatic rings. The van der Waals surface area contributed by atoms with Gasteiger partial charge in [-0.15, -0.1) is 0 Å². The molecule has 1 aromatic heterocycles. The van der Waals surface area contributed by atoms with Gasteiger partial charge in [0.2, 0.25) is 0 Å². The molecule has 0 fully saturated rings. The fourth-order valence-electron chi connectivity index (χ4n) is 1.69. The Morgan fingerprint density at radius 2 is 2.21 bits per heavy atom. The Morgan fingerprint density at radius 1 is 1.57 bits per heavy atom. The predicted molar refractivity (Wildman–Crippen MR) is 56.0 cm³/mol. The topological polar surface area (TPSA) is 64.1 Å². The maximum absolute atomic E-state index is 9.82. The summed E-state index contributed by atoms with van der Waals surface area (Å²) in [5.74, 6) is 0.936. The lowest BCUT2D eigenvalue weighted by Crippen LogP contribution is -2.14. The third-order valence-electron chi connectivity index (χ3n) is 2.31. The van der Waals surface area contributed by atoms with Crippen LogP contribution in [0.25, 0.3) is 0 Å². The fraction of sp³-hybridized carbons (Fsp3) is 0.700. The first-order chi connectivity index (χ1) is 6.57.